The summed E-state index contributed by atoms with van der Waals surface area (Å²) in [6.45, 7) is 4.24. The molecule has 4 rings (SSSR count). The minimum absolute atomic E-state index is 0.103. The molecule has 2 aromatic rings. The SMILES string of the molecule is COCCCNC(=O)c1cn2c(n1)C(c1ccccc1)N(CC1CC1)CC2. The molecule has 6 nitrogen and oxygen atoms in total. The largest absolute Gasteiger partial charge is 0.385 e. The highest BCUT2D eigenvalue weighted by Gasteiger charge is 2.35. The van der Waals surface area contributed by atoms with E-state index in [-0.39, 0.29) is 11.9 Å². The topological polar surface area (TPSA) is 59.4 Å². The number of hydrogen-bond acceptors (Lipinski definition) is 4. The van der Waals surface area contributed by atoms with Gasteiger partial charge in [-0.05, 0) is 30.7 Å². The molecule has 0 spiro atoms. The molecule has 27 heavy (non-hydrogen) atoms. The number of nitrogens with one attached hydrogen (secondary N) is 1. The van der Waals surface area contributed by atoms with Crippen LogP contribution in [0.15, 0.2) is 36.5 Å². The van der Waals surface area contributed by atoms with Crippen LogP contribution in [0.5, 0.6) is 0 Å². The molecule has 2 heterocycles. The van der Waals surface area contributed by atoms with Crippen LogP contribution >= 0.6 is 0 Å². The number of carbonyl (C=O) groups excluding carboxylic acids is 1. The van der Waals surface area contributed by atoms with Gasteiger partial charge in [-0.25, -0.2) is 4.98 Å². The van der Waals surface area contributed by atoms with Crippen molar-refractivity contribution in [3.63, 3.8) is 0 Å². The van der Waals surface area contributed by atoms with Gasteiger partial charge in [0.1, 0.15) is 11.5 Å². The Labute approximate surface area is 160 Å². The van der Waals surface area contributed by atoms with Crippen molar-refractivity contribution >= 4 is 5.91 Å². The first kappa shape index (κ1) is 18.2. The Morgan fingerprint density at radius 3 is 2.81 bits per heavy atom. The zero-order valence-corrected chi connectivity index (χ0v) is 15.9. The molecule has 6 heteroatoms. The number of fused-ring (bicyclic) bond motifs is 1. The van der Waals surface area contributed by atoms with Gasteiger partial charge in [-0.3, -0.25) is 9.69 Å². The molecule has 1 aromatic heterocycles. The number of rotatable bonds is 8. The molecule has 1 aliphatic carbocycles. The molecule has 1 fully saturated rings. The second-order valence-electron chi connectivity index (χ2n) is 7.53. The predicted octanol–water partition coefficient (Wildman–Crippen LogP) is 2.46. The van der Waals surface area contributed by atoms with E-state index in [9.17, 15) is 4.79 Å². The first-order chi connectivity index (χ1) is 13.3. The summed E-state index contributed by atoms with van der Waals surface area (Å²) < 4.78 is 7.19. The van der Waals surface area contributed by atoms with E-state index in [0.717, 1.165) is 37.8 Å². The van der Waals surface area contributed by atoms with Crippen LogP contribution in [0.2, 0.25) is 0 Å². The van der Waals surface area contributed by atoms with Crippen molar-refractivity contribution in [2.24, 2.45) is 5.92 Å². The molecule has 1 saturated carbocycles. The van der Waals surface area contributed by atoms with Crippen LogP contribution < -0.4 is 5.32 Å². The number of benzene rings is 1. The van der Waals surface area contributed by atoms with Gasteiger partial charge in [0.15, 0.2) is 0 Å². The molecule has 1 amide bonds. The van der Waals surface area contributed by atoms with Gasteiger partial charge in [0, 0.05) is 46.1 Å². The lowest BCUT2D eigenvalue weighted by Gasteiger charge is -2.36. The number of nitrogens with zero attached hydrogens (tertiary/aromatic N) is 3. The van der Waals surface area contributed by atoms with Crippen molar-refractivity contribution in [3.05, 3.63) is 53.6 Å². The molecule has 0 bridgehead atoms. The van der Waals surface area contributed by atoms with Crippen LogP contribution in [0.4, 0.5) is 0 Å². The molecule has 0 saturated heterocycles. The van der Waals surface area contributed by atoms with E-state index >= 15 is 0 Å². The van der Waals surface area contributed by atoms with Crippen molar-refractivity contribution in [3.8, 4) is 0 Å². The molecule has 1 unspecified atom stereocenters. The van der Waals surface area contributed by atoms with Gasteiger partial charge in [-0.2, -0.15) is 0 Å². The molecule has 1 aliphatic heterocycles. The van der Waals surface area contributed by atoms with E-state index < -0.39 is 0 Å². The molecule has 0 radical (unpaired) electrons. The van der Waals surface area contributed by atoms with Crippen molar-refractivity contribution in [1.82, 2.24) is 19.8 Å². The third-order valence-electron chi connectivity index (χ3n) is 5.39. The zero-order chi connectivity index (χ0) is 18.6. The Morgan fingerprint density at radius 1 is 1.26 bits per heavy atom. The van der Waals surface area contributed by atoms with Gasteiger partial charge >= 0.3 is 0 Å². The lowest BCUT2D eigenvalue weighted by molar-refractivity contribution is 0.0943. The summed E-state index contributed by atoms with van der Waals surface area (Å²) in [7, 11) is 1.67. The summed E-state index contributed by atoms with van der Waals surface area (Å²) in [4.78, 5) is 19.8. The molecule has 1 aromatic carbocycles. The number of hydrogen-bond donors (Lipinski definition) is 1. The van der Waals surface area contributed by atoms with Crippen LogP contribution in [-0.4, -0.2) is 53.7 Å². The van der Waals surface area contributed by atoms with Crippen molar-refractivity contribution in [1.29, 1.82) is 0 Å². The smallest absolute Gasteiger partial charge is 0.271 e. The molecular formula is C21H28N4O2. The fourth-order valence-corrected chi connectivity index (χ4v) is 3.80. The van der Waals surface area contributed by atoms with Crippen LogP contribution in [0.1, 0.15) is 47.2 Å². The van der Waals surface area contributed by atoms with Gasteiger partial charge in [0.25, 0.3) is 5.91 Å². The van der Waals surface area contributed by atoms with E-state index in [2.05, 4.69) is 39.0 Å². The lowest BCUT2D eigenvalue weighted by atomic mass is 10.0. The van der Waals surface area contributed by atoms with Gasteiger partial charge in [-0.15, -0.1) is 0 Å². The third-order valence-corrected chi connectivity index (χ3v) is 5.39. The quantitative estimate of drug-likeness (QED) is 0.727. The minimum atomic E-state index is -0.103. The minimum Gasteiger partial charge on any atom is -0.385 e. The molecule has 1 atom stereocenters. The van der Waals surface area contributed by atoms with E-state index in [1.54, 1.807) is 7.11 Å². The highest BCUT2D eigenvalue weighted by Crippen LogP contribution is 2.37. The van der Waals surface area contributed by atoms with Crippen LogP contribution in [0.3, 0.4) is 0 Å². The monoisotopic (exact) mass is 368 g/mol. The number of aromatic nitrogens is 2. The van der Waals surface area contributed by atoms with Gasteiger partial charge in [-0.1, -0.05) is 30.3 Å². The normalized spacial score (nSPS) is 19.7. The van der Waals surface area contributed by atoms with E-state index in [4.69, 9.17) is 9.72 Å². The lowest BCUT2D eigenvalue weighted by Crippen LogP contribution is -2.40. The first-order valence-corrected chi connectivity index (χ1v) is 9.89. The number of methoxy groups -OCH3 is 1. The van der Waals surface area contributed by atoms with Gasteiger partial charge in [0.2, 0.25) is 0 Å². The Bertz CT molecular complexity index is 770. The van der Waals surface area contributed by atoms with E-state index in [1.165, 1.54) is 18.4 Å². The maximum Gasteiger partial charge on any atom is 0.271 e. The maximum atomic E-state index is 12.5. The zero-order valence-electron chi connectivity index (χ0n) is 15.9. The van der Waals surface area contributed by atoms with Crippen LogP contribution in [-0.2, 0) is 11.3 Å². The highest BCUT2D eigenvalue weighted by molar-refractivity contribution is 5.92. The third kappa shape index (κ3) is 4.22. The summed E-state index contributed by atoms with van der Waals surface area (Å²) in [6, 6.07) is 10.7. The number of amides is 1. The highest BCUT2D eigenvalue weighted by atomic mass is 16.5. The van der Waals surface area contributed by atoms with Crippen molar-refractivity contribution in [2.75, 3.05) is 33.4 Å². The summed E-state index contributed by atoms with van der Waals surface area (Å²) in [5.74, 6) is 1.70. The number of imidazole rings is 1. The first-order valence-electron chi connectivity index (χ1n) is 9.89. The fraction of sp³-hybridized carbons (Fsp3) is 0.524. The average Bonchev–Trinajstić information content (AvgIpc) is 3.40. The Hall–Kier alpha value is -2.18. The Kier molecular flexibility index (Phi) is 5.55. The predicted molar refractivity (Wildman–Crippen MR) is 104 cm³/mol. The Balaban J connectivity index is 1.56. The molecular weight excluding hydrogens is 340 g/mol. The molecule has 144 valence electrons. The van der Waals surface area contributed by atoms with Gasteiger partial charge in [0.05, 0.1) is 6.04 Å². The second kappa shape index (κ2) is 8.23. The second-order valence-corrected chi connectivity index (χ2v) is 7.53. The molecule has 2 aliphatic rings. The van der Waals surface area contributed by atoms with Gasteiger partial charge < -0.3 is 14.6 Å². The maximum absolute atomic E-state index is 12.5. The van der Waals surface area contributed by atoms with Crippen molar-refractivity contribution < 1.29 is 9.53 Å². The summed E-state index contributed by atoms with van der Waals surface area (Å²) >= 11 is 0. The average molecular weight is 368 g/mol. The summed E-state index contributed by atoms with van der Waals surface area (Å²) in [5, 5.41) is 2.94. The number of ether oxygens (including phenoxy) is 1. The summed E-state index contributed by atoms with van der Waals surface area (Å²) in [5.41, 5.74) is 1.76. The van der Waals surface area contributed by atoms with Crippen LogP contribution in [0.25, 0.3) is 0 Å². The van der Waals surface area contributed by atoms with E-state index in [1.807, 2.05) is 12.3 Å². The van der Waals surface area contributed by atoms with Crippen LogP contribution in [0, 0.1) is 5.92 Å². The Morgan fingerprint density at radius 2 is 2.07 bits per heavy atom. The number of carbonyl (C=O) groups is 1. The summed E-state index contributed by atoms with van der Waals surface area (Å²) in [6.07, 6.45) is 5.38. The fourth-order valence-electron chi connectivity index (χ4n) is 3.80. The van der Waals surface area contributed by atoms with E-state index in [0.29, 0.717) is 18.8 Å². The standard InChI is InChI=1S/C21H28N4O2/c1-27-13-5-10-22-21(26)18-15-25-12-11-24(14-16-8-9-16)19(20(25)23-18)17-6-3-2-4-7-17/h2-4,6-7,15-16,19H,5,8-14H2,1H3,(H,22,26). The molecule has 1 N–H and O–H groups in total. The van der Waals surface area contributed by atoms with Crippen molar-refractivity contribution in [2.45, 2.75) is 31.8 Å².